The van der Waals surface area contributed by atoms with Crippen LogP contribution in [-0.2, 0) is 0 Å². The Balaban J connectivity index is 2.05. The van der Waals surface area contributed by atoms with Crippen molar-refractivity contribution in [3.05, 3.63) is 69.6 Å². The van der Waals surface area contributed by atoms with Crippen molar-refractivity contribution < 1.29 is 4.74 Å². The molecule has 0 spiro atoms. The van der Waals surface area contributed by atoms with Gasteiger partial charge in [0.15, 0.2) is 0 Å². The fourth-order valence-electron chi connectivity index (χ4n) is 2.00. The van der Waals surface area contributed by atoms with Crippen LogP contribution in [0, 0.1) is 0 Å². The van der Waals surface area contributed by atoms with Crippen LogP contribution in [0.5, 0.6) is 11.5 Å². The molecule has 1 nitrogen and oxygen atoms in total. The van der Waals surface area contributed by atoms with Gasteiger partial charge in [-0.1, -0.05) is 68.3 Å². The molecule has 3 aromatic rings. The molecule has 0 saturated carbocycles. The van der Waals surface area contributed by atoms with Crippen LogP contribution >= 0.6 is 31.9 Å². The van der Waals surface area contributed by atoms with Gasteiger partial charge in [0.05, 0.1) is 0 Å². The Hall–Kier alpha value is -1.32. The molecule has 3 heteroatoms. The van der Waals surface area contributed by atoms with E-state index in [0.29, 0.717) is 0 Å². The minimum absolute atomic E-state index is 0.803. The third-order valence-electron chi connectivity index (χ3n) is 2.81. The second-order valence-electron chi connectivity index (χ2n) is 4.18. The molecule has 94 valence electrons. The lowest BCUT2D eigenvalue weighted by Crippen LogP contribution is -1.86. The first-order valence-corrected chi connectivity index (χ1v) is 7.43. The maximum absolute atomic E-state index is 5.99. The summed E-state index contributed by atoms with van der Waals surface area (Å²) in [7, 11) is 0. The van der Waals surface area contributed by atoms with Crippen LogP contribution in [0.2, 0.25) is 0 Å². The molecular formula is C16H10Br2O. The van der Waals surface area contributed by atoms with E-state index in [-0.39, 0.29) is 0 Å². The standard InChI is InChI=1S/C16H10Br2O/c17-12-8-13(18)10-14(9-12)19-16-7-3-5-11-4-1-2-6-15(11)16/h1-10H. The molecule has 0 aliphatic carbocycles. The molecule has 0 saturated heterocycles. The highest BCUT2D eigenvalue weighted by Crippen LogP contribution is 2.32. The van der Waals surface area contributed by atoms with Crippen LogP contribution < -0.4 is 4.74 Å². The predicted octanol–water partition coefficient (Wildman–Crippen LogP) is 6.16. The van der Waals surface area contributed by atoms with Crippen molar-refractivity contribution >= 4 is 42.6 Å². The van der Waals surface area contributed by atoms with Crippen LogP contribution in [0.1, 0.15) is 0 Å². The first-order valence-electron chi connectivity index (χ1n) is 5.84. The summed E-state index contributed by atoms with van der Waals surface area (Å²) in [5.74, 6) is 1.67. The zero-order chi connectivity index (χ0) is 13.2. The van der Waals surface area contributed by atoms with Gasteiger partial charge in [0.25, 0.3) is 0 Å². The van der Waals surface area contributed by atoms with Crippen molar-refractivity contribution in [1.29, 1.82) is 0 Å². The minimum atomic E-state index is 0.803. The highest BCUT2D eigenvalue weighted by Gasteiger charge is 2.04. The normalized spacial score (nSPS) is 10.6. The molecule has 0 atom stereocenters. The summed E-state index contributed by atoms with van der Waals surface area (Å²) in [6.45, 7) is 0. The van der Waals surface area contributed by atoms with Crippen molar-refractivity contribution in [2.75, 3.05) is 0 Å². The number of fused-ring (bicyclic) bond motifs is 1. The van der Waals surface area contributed by atoms with Gasteiger partial charge < -0.3 is 4.74 Å². The Labute approximate surface area is 128 Å². The molecule has 0 fully saturated rings. The minimum Gasteiger partial charge on any atom is -0.457 e. The van der Waals surface area contributed by atoms with E-state index in [1.54, 1.807) is 0 Å². The smallest absolute Gasteiger partial charge is 0.135 e. The van der Waals surface area contributed by atoms with E-state index in [0.717, 1.165) is 25.8 Å². The number of benzene rings is 3. The molecular weight excluding hydrogens is 368 g/mol. The second kappa shape index (κ2) is 5.35. The Morgan fingerprint density at radius 2 is 1.42 bits per heavy atom. The van der Waals surface area contributed by atoms with E-state index < -0.39 is 0 Å². The van der Waals surface area contributed by atoms with Gasteiger partial charge in [-0.2, -0.15) is 0 Å². The van der Waals surface area contributed by atoms with E-state index >= 15 is 0 Å². The number of halogens is 2. The lowest BCUT2D eigenvalue weighted by molar-refractivity contribution is 0.487. The summed E-state index contributed by atoms with van der Waals surface area (Å²) < 4.78 is 7.96. The molecule has 0 aliphatic rings. The van der Waals surface area contributed by atoms with Gasteiger partial charge in [-0.25, -0.2) is 0 Å². The van der Waals surface area contributed by atoms with E-state index in [9.17, 15) is 0 Å². The molecule has 3 aromatic carbocycles. The van der Waals surface area contributed by atoms with Crippen LogP contribution in [0.25, 0.3) is 10.8 Å². The average molecular weight is 378 g/mol. The monoisotopic (exact) mass is 376 g/mol. The molecule has 0 unspecified atom stereocenters. The van der Waals surface area contributed by atoms with Crippen LogP contribution in [-0.4, -0.2) is 0 Å². The number of ether oxygens (including phenoxy) is 1. The number of rotatable bonds is 2. The molecule has 0 heterocycles. The summed E-state index contributed by atoms with van der Waals surface area (Å²) in [5, 5.41) is 2.29. The molecule has 0 aromatic heterocycles. The largest absolute Gasteiger partial charge is 0.457 e. The third-order valence-corrected chi connectivity index (χ3v) is 3.73. The van der Waals surface area contributed by atoms with Crippen molar-refractivity contribution in [2.45, 2.75) is 0 Å². The van der Waals surface area contributed by atoms with Gasteiger partial charge in [0, 0.05) is 14.3 Å². The zero-order valence-electron chi connectivity index (χ0n) is 9.94. The van der Waals surface area contributed by atoms with Crippen LogP contribution in [0.4, 0.5) is 0 Å². The van der Waals surface area contributed by atoms with Crippen molar-refractivity contribution in [1.82, 2.24) is 0 Å². The summed E-state index contributed by atoms with van der Waals surface area (Å²) in [4.78, 5) is 0. The predicted molar refractivity (Wildman–Crippen MR) is 85.9 cm³/mol. The Morgan fingerprint density at radius 1 is 0.737 bits per heavy atom. The average Bonchev–Trinajstić information content (AvgIpc) is 2.38. The summed E-state index contributed by atoms with van der Waals surface area (Å²) in [6, 6.07) is 20.2. The van der Waals surface area contributed by atoms with Gasteiger partial charge >= 0.3 is 0 Å². The van der Waals surface area contributed by atoms with E-state index in [2.05, 4.69) is 50.1 Å². The van der Waals surface area contributed by atoms with Crippen molar-refractivity contribution in [2.24, 2.45) is 0 Å². The zero-order valence-corrected chi connectivity index (χ0v) is 13.1. The van der Waals surface area contributed by atoms with E-state index in [1.807, 2.05) is 42.5 Å². The Kier molecular flexibility index (Phi) is 3.58. The molecule has 19 heavy (non-hydrogen) atoms. The second-order valence-corrected chi connectivity index (χ2v) is 6.02. The highest BCUT2D eigenvalue weighted by atomic mass is 79.9. The molecule has 0 aliphatic heterocycles. The van der Waals surface area contributed by atoms with Gasteiger partial charge in [-0.15, -0.1) is 0 Å². The third kappa shape index (κ3) is 2.82. The van der Waals surface area contributed by atoms with Crippen LogP contribution in [0.3, 0.4) is 0 Å². The first-order chi connectivity index (χ1) is 9.22. The fraction of sp³-hybridized carbons (Fsp3) is 0. The highest BCUT2D eigenvalue weighted by molar-refractivity contribution is 9.11. The number of hydrogen-bond donors (Lipinski definition) is 0. The maximum Gasteiger partial charge on any atom is 0.135 e. The summed E-state index contributed by atoms with van der Waals surface area (Å²) in [6.07, 6.45) is 0. The van der Waals surface area contributed by atoms with Crippen molar-refractivity contribution in [3.63, 3.8) is 0 Å². The van der Waals surface area contributed by atoms with Gasteiger partial charge in [0.1, 0.15) is 11.5 Å². The van der Waals surface area contributed by atoms with Gasteiger partial charge in [-0.05, 0) is 29.7 Å². The number of hydrogen-bond acceptors (Lipinski definition) is 1. The lowest BCUT2D eigenvalue weighted by Gasteiger charge is -2.09. The lowest BCUT2D eigenvalue weighted by atomic mass is 10.1. The van der Waals surface area contributed by atoms with Crippen molar-refractivity contribution in [3.8, 4) is 11.5 Å². The van der Waals surface area contributed by atoms with Gasteiger partial charge in [-0.3, -0.25) is 0 Å². The molecule has 0 radical (unpaired) electrons. The molecule has 0 N–H and O–H groups in total. The van der Waals surface area contributed by atoms with Gasteiger partial charge in [0.2, 0.25) is 0 Å². The SMILES string of the molecule is Brc1cc(Br)cc(Oc2cccc3ccccc23)c1. The molecule has 0 bridgehead atoms. The summed E-state index contributed by atoms with van der Waals surface area (Å²) >= 11 is 6.93. The topological polar surface area (TPSA) is 9.23 Å². The molecule has 0 amide bonds. The first kappa shape index (κ1) is 12.7. The van der Waals surface area contributed by atoms with Crippen LogP contribution in [0.15, 0.2) is 69.6 Å². The fourth-order valence-corrected chi connectivity index (χ4v) is 3.25. The maximum atomic E-state index is 5.99. The quantitative estimate of drug-likeness (QED) is 0.519. The molecule has 3 rings (SSSR count). The Bertz CT molecular complexity index is 712. The van der Waals surface area contributed by atoms with E-state index in [4.69, 9.17) is 4.74 Å². The van der Waals surface area contributed by atoms with E-state index in [1.165, 1.54) is 5.39 Å². The Morgan fingerprint density at radius 3 is 2.21 bits per heavy atom. The summed E-state index contributed by atoms with van der Waals surface area (Å²) in [5.41, 5.74) is 0.